The first-order valence-corrected chi connectivity index (χ1v) is 10.0. The Hall–Kier alpha value is -2.79. The van der Waals surface area contributed by atoms with Crippen molar-refractivity contribution in [3.8, 4) is 11.4 Å². The number of aryl methyl sites for hydroxylation is 1. The molecule has 3 heterocycles. The van der Waals surface area contributed by atoms with Gasteiger partial charge in [0, 0.05) is 38.8 Å². The highest BCUT2D eigenvalue weighted by atomic mass is 19.4. The maximum Gasteiger partial charge on any atom is 0.416 e. The summed E-state index contributed by atoms with van der Waals surface area (Å²) in [4.78, 5) is 8.90. The fourth-order valence-corrected chi connectivity index (χ4v) is 3.61. The summed E-state index contributed by atoms with van der Waals surface area (Å²) in [5, 5.41) is 12.2. The van der Waals surface area contributed by atoms with E-state index in [-0.39, 0.29) is 17.4 Å². The number of nitrogens with zero attached hydrogens (tertiary/aromatic N) is 7. The molecule has 4 rings (SSSR count). The number of benzene rings is 1. The molecule has 166 valence electrons. The first-order valence-electron chi connectivity index (χ1n) is 10.0. The number of aromatic nitrogens is 5. The van der Waals surface area contributed by atoms with Crippen molar-refractivity contribution in [2.24, 2.45) is 7.05 Å². The molecular weight excluding hydrogens is 411 g/mol. The molecule has 2 aromatic heterocycles. The van der Waals surface area contributed by atoms with Crippen LogP contribution in [0, 0.1) is 6.92 Å². The molecule has 31 heavy (non-hydrogen) atoms. The molecule has 0 N–H and O–H groups in total. The van der Waals surface area contributed by atoms with Crippen molar-refractivity contribution < 1.29 is 17.7 Å². The summed E-state index contributed by atoms with van der Waals surface area (Å²) in [7, 11) is 1.96. The summed E-state index contributed by atoms with van der Waals surface area (Å²) >= 11 is 0. The zero-order valence-electron chi connectivity index (χ0n) is 17.6. The molecule has 1 saturated heterocycles. The molecule has 0 saturated carbocycles. The second-order valence-corrected chi connectivity index (χ2v) is 7.75. The molecule has 1 fully saturated rings. The standard InChI is InChI=1S/C20H24F3N7O/c1-13(30-9-7-29(8-10-30)12-17-26-25-14(2)28(17)3)19-24-18(27-31-19)15-5-4-6-16(11-15)20(21,22)23/h4-6,11,13H,7-10,12H2,1-3H3/t13-/m0/s1. The molecule has 0 aliphatic carbocycles. The summed E-state index contributed by atoms with van der Waals surface area (Å²) in [6.45, 7) is 7.94. The Bertz CT molecular complexity index is 1040. The van der Waals surface area contributed by atoms with Crippen LogP contribution in [0.1, 0.15) is 36.1 Å². The lowest BCUT2D eigenvalue weighted by Crippen LogP contribution is -2.47. The van der Waals surface area contributed by atoms with Crippen LogP contribution >= 0.6 is 0 Å². The van der Waals surface area contributed by atoms with Crippen molar-refractivity contribution in [2.45, 2.75) is 32.6 Å². The van der Waals surface area contributed by atoms with Crippen LogP contribution in [0.25, 0.3) is 11.4 Å². The second-order valence-electron chi connectivity index (χ2n) is 7.75. The summed E-state index contributed by atoms with van der Waals surface area (Å²) in [6.07, 6.45) is -4.42. The van der Waals surface area contributed by atoms with Crippen molar-refractivity contribution in [3.63, 3.8) is 0 Å². The Morgan fingerprint density at radius 3 is 2.52 bits per heavy atom. The van der Waals surface area contributed by atoms with Gasteiger partial charge in [0.2, 0.25) is 11.7 Å². The van der Waals surface area contributed by atoms with Crippen molar-refractivity contribution in [2.75, 3.05) is 26.2 Å². The van der Waals surface area contributed by atoms with Gasteiger partial charge in [-0.1, -0.05) is 17.3 Å². The molecule has 1 aromatic carbocycles. The number of piperazine rings is 1. The van der Waals surface area contributed by atoms with E-state index in [0.29, 0.717) is 5.89 Å². The zero-order valence-corrected chi connectivity index (χ0v) is 17.6. The number of hydrogen-bond donors (Lipinski definition) is 0. The molecule has 0 spiro atoms. The van der Waals surface area contributed by atoms with Gasteiger partial charge in [0.1, 0.15) is 11.6 Å². The Balaban J connectivity index is 1.38. The Labute approximate surface area is 177 Å². The minimum absolute atomic E-state index is 0.133. The highest BCUT2D eigenvalue weighted by molar-refractivity contribution is 5.55. The van der Waals surface area contributed by atoms with E-state index in [1.807, 2.05) is 25.5 Å². The second kappa shape index (κ2) is 8.39. The molecule has 8 nitrogen and oxygen atoms in total. The quantitative estimate of drug-likeness (QED) is 0.610. The van der Waals surface area contributed by atoms with Crippen LogP contribution in [0.2, 0.25) is 0 Å². The van der Waals surface area contributed by atoms with Gasteiger partial charge in [0.15, 0.2) is 0 Å². The first kappa shape index (κ1) is 21.4. The maximum absolute atomic E-state index is 13.0. The average molecular weight is 435 g/mol. The van der Waals surface area contributed by atoms with Gasteiger partial charge in [-0.15, -0.1) is 10.2 Å². The fraction of sp³-hybridized carbons (Fsp3) is 0.500. The van der Waals surface area contributed by atoms with Crippen LogP contribution in [0.5, 0.6) is 0 Å². The van der Waals surface area contributed by atoms with Crippen LogP contribution in [-0.4, -0.2) is 60.9 Å². The third kappa shape index (κ3) is 4.62. The van der Waals surface area contributed by atoms with E-state index < -0.39 is 11.7 Å². The van der Waals surface area contributed by atoms with Gasteiger partial charge in [-0.25, -0.2) is 0 Å². The molecule has 3 aromatic rings. The van der Waals surface area contributed by atoms with E-state index >= 15 is 0 Å². The molecular formula is C20H24F3N7O. The third-order valence-corrected chi connectivity index (χ3v) is 5.75. The van der Waals surface area contributed by atoms with E-state index in [1.54, 1.807) is 6.07 Å². The van der Waals surface area contributed by atoms with E-state index in [1.165, 1.54) is 6.07 Å². The molecule has 1 aliphatic heterocycles. The SMILES string of the molecule is Cc1nnc(CN2CCN([C@@H](C)c3nc(-c4cccc(C(F)(F)F)c4)no3)CC2)n1C. The van der Waals surface area contributed by atoms with Gasteiger partial charge < -0.3 is 9.09 Å². The normalized spacial score (nSPS) is 17.2. The van der Waals surface area contributed by atoms with Crippen molar-refractivity contribution in [3.05, 3.63) is 47.4 Å². The van der Waals surface area contributed by atoms with E-state index in [9.17, 15) is 13.2 Å². The summed E-state index contributed by atoms with van der Waals surface area (Å²) in [6, 6.07) is 4.81. The van der Waals surface area contributed by atoms with Crippen LogP contribution in [0.4, 0.5) is 13.2 Å². The molecule has 0 radical (unpaired) electrons. The monoisotopic (exact) mass is 435 g/mol. The lowest BCUT2D eigenvalue weighted by Gasteiger charge is -2.36. The van der Waals surface area contributed by atoms with Gasteiger partial charge in [-0.05, 0) is 26.0 Å². The zero-order chi connectivity index (χ0) is 22.2. The summed E-state index contributed by atoms with van der Waals surface area (Å²) in [5.41, 5.74) is -0.459. The highest BCUT2D eigenvalue weighted by Gasteiger charge is 2.31. The summed E-state index contributed by atoms with van der Waals surface area (Å²) < 4.78 is 46.3. The largest absolute Gasteiger partial charge is 0.416 e. The third-order valence-electron chi connectivity index (χ3n) is 5.75. The number of hydrogen-bond acceptors (Lipinski definition) is 7. The Morgan fingerprint density at radius 1 is 1.13 bits per heavy atom. The number of rotatable bonds is 5. The molecule has 1 atom stereocenters. The average Bonchev–Trinajstić information content (AvgIpc) is 3.36. The minimum Gasteiger partial charge on any atom is -0.337 e. The first-order chi connectivity index (χ1) is 14.7. The number of alkyl halides is 3. The van der Waals surface area contributed by atoms with Crippen molar-refractivity contribution >= 4 is 0 Å². The Morgan fingerprint density at radius 2 is 1.87 bits per heavy atom. The Kier molecular flexibility index (Phi) is 5.80. The van der Waals surface area contributed by atoms with E-state index in [2.05, 4.69) is 30.1 Å². The molecule has 1 aliphatic rings. The van der Waals surface area contributed by atoms with Crippen molar-refractivity contribution in [1.82, 2.24) is 34.7 Å². The fourth-order valence-electron chi connectivity index (χ4n) is 3.61. The van der Waals surface area contributed by atoms with Crippen LogP contribution in [0.15, 0.2) is 28.8 Å². The lowest BCUT2D eigenvalue weighted by atomic mass is 10.1. The van der Waals surface area contributed by atoms with E-state index in [0.717, 1.165) is 56.5 Å². The molecule has 11 heteroatoms. The minimum atomic E-state index is -4.42. The highest BCUT2D eigenvalue weighted by Crippen LogP contribution is 2.32. The van der Waals surface area contributed by atoms with Crippen LogP contribution < -0.4 is 0 Å². The lowest BCUT2D eigenvalue weighted by molar-refractivity contribution is -0.137. The van der Waals surface area contributed by atoms with Gasteiger partial charge in [-0.2, -0.15) is 18.2 Å². The molecule has 0 unspecified atom stereocenters. The van der Waals surface area contributed by atoms with Crippen LogP contribution in [-0.2, 0) is 19.8 Å². The molecule has 0 bridgehead atoms. The van der Waals surface area contributed by atoms with Crippen molar-refractivity contribution in [1.29, 1.82) is 0 Å². The van der Waals surface area contributed by atoms with Gasteiger partial charge in [0.05, 0.1) is 18.2 Å². The predicted octanol–water partition coefficient (Wildman–Crippen LogP) is 3.07. The van der Waals surface area contributed by atoms with Gasteiger partial charge in [0.25, 0.3) is 0 Å². The summed E-state index contributed by atoms with van der Waals surface area (Å²) in [5.74, 6) is 2.37. The van der Waals surface area contributed by atoms with E-state index in [4.69, 9.17) is 4.52 Å². The molecule has 0 amide bonds. The predicted molar refractivity (Wildman–Crippen MR) is 106 cm³/mol. The number of halogens is 3. The maximum atomic E-state index is 13.0. The van der Waals surface area contributed by atoms with Gasteiger partial charge in [-0.3, -0.25) is 9.80 Å². The smallest absolute Gasteiger partial charge is 0.337 e. The topological polar surface area (TPSA) is 76.1 Å². The van der Waals surface area contributed by atoms with Gasteiger partial charge >= 0.3 is 6.18 Å². The van der Waals surface area contributed by atoms with Crippen LogP contribution in [0.3, 0.4) is 0 Å².